The zero-order chi connectivity index (χ0) is 23.2. The number of hydrogen-bond donors (Lipinski definition) is 1. The van der Waals surface area contributed by atoms with Crippen LogP contribution in [0.1, 0.15) is 39.7 Å². The molecule has 6 heteroatoms. The van der Waals surface area contributed by atoms with Crippen LogP contribution in [0.2, 0.25) is 5.02 Å². The van der Waals surface area contributed by atoms with Gasteiger partial charge >= 0.3 is 0 Å². The van der Waals surface area contributed by atoms with Crippen LogP contribution in [0.25, 0.3) is 0 Å². The number of rotatable bonds is 8. The summed E-state index contributed by atoms with van der Waals surface area (Å²) in [6.45, 7) is 5.08. The Morgan fingerprint density at radius 2 is 1.70 bits per heavy atom. The number of carbonyl (C=O) groups excluding carboxylic acids is 1. The van der Waals surface area contributed by atoms with E-state index in [2.05, 4.69) is 29.5 Å². The minimum atomic E-state index is -0.208. The fourth-order valence-corrected chi connectivity index (χ4v) is 3.60. The van der Waals surface area contributed by atoms with E-state index in [9.17, 15) is 4.79 Å². The molecule has 1 heterocycles. The van der Waals surface area contributed by atoms with Crippen LogP contribution in [0, 0.1) is 6.92 Å². The summed E-state index contributed by atoms with van der Waals surface area (Å²) in [4.78, 5) is 12.8. The van der Waals surface area contributed by atoms with E-state index in [1.807, 2.05) is 72.3 Å². The van der Waals surface area contributed by atoms with E-state index in [1.165, 1.54) is 5.56 Å². The fraction of sp³-hybridized carbons (Fsp3) is 0.185. The number of halogens is 1. The predicted octanol–water partition coefficient (Wildman–Crippen LogP) is 6.29. The molecule has 0 unspecified atom stereocenters. The second kappa shape index (κ2) is 10.4. The Kier molecular flexibility index (Phi) is 7.10. The quantitative estimate of drug-likeness (QED) is 0.337. The first-order valence-corrected chi connectivity index (χ1v) is 11.3. The number of aryl methyl sites for hydroxylation is 2. The Bertz CT molecular complexity index is 1230. The highest BCUT2D eigenvalue weighted by atomic mass is 35.5. The molecule has 4 rings (SSSR count). The summed E-state index contributed by atoms with van der Waals surface area (Å²) in [5.41, 5.74) is 4.79. The lowest BCUT2D eigenvalue weighted by atomic mass is 10.1. The lowest BCUT2D eigenvalue weighted by Crippen LogP contribution is -2.13. The molecular weight excluding hydrogens is 434 g/mol. The first-order valence-electron chi connectivity index (χ1n) is 10.9. The van der Waals surface area contributed by atoms with Crippen LogP contribution in [0.5, 0.6) is 5.75 Å². The number of benzene rings is 3. The Hall–Kier alpha value is -3.57. The van der Waals surface area contributed by atoms with E-state index in [0.29, 0.717) is 29.6 Å². The first-order chi connectivity index (χ1) is 16.0. The Balaban J connectivity index is 1.38. The highest BCUT2D eigenvalue weighted by Crippen LogP contribution is 2.17. The van der Waals surface area contributed by atoms with Crippen molar-refractivity contribution in [3.63, 3.8) is 0 Å². The summed E-state index contributed by atoms with van der Waals surface area (Å²) in [6.07, 6.45) is 0.996. The lowest BCUT2D eigenvalue weighted by Gasteiger charge is -2.09. The molecule has 0 fully saturated rings. The predicted molar refractivity (Wildman–Crippen MR) is 132 cm³/mol. The summed E-state index contributed by atoms with van der Waals surface area (Å²) in [6, 6.07) is 25.0. The molecule has 0 bridgehead atoms. The van der Waals surface area contributed by atoms with Crippen molar-refractivity contribution >= 4 is 23.3 Å². The molecule has 0 aliphatic rings. The third-order valence-corrected chi connectivity index (χ3v) is 5.65. The van der Waals surface area contributed by atoms with Gasteiger partial charge in [0.15, 0.2) is 5.82 Å². The second-order valence-corrected chi connectivity index (χ2v) is 8.33. The van der Waals surface area contributed by atoms with Crippen LogP contribution >= 0.6 is 11.6 Å². The second-order valence-electron chi connectivity index (χ2n) is 7.90. The summed E-state index contributed by atoms with van der Waals surface area (Å²) >= 11 is 5.96. The molecule has 33 heavy (non-hydrogen) atoms. The minimum absolute atomic E-state index is 0.208. The van der Waals surface area contributed by atoms with E-state index >= 15 is 0 Å². The highest BCUT2D eigenvalue weighted by molar-refractivity contribution is 6.30. The smallest absolute Gasteiger partial charge is 0.256 e. The summed E-state index contributed by atoms with van der Waals surface area (Å²) in [7, 11) is 0. The van der Waals surface area contributed by atoms with Crippen molar-refractivity contribution in [3.8, 4) is 5.75 Å². The zero-order valence-corrected chi connectivity index (χ0v) is 19.5. The van der Waals surface area contributed by atoms with Gasteiger partial charge in [-0.05, 0) is 66.4 Å². The van der Waals surface area contributed by atoms with Gasteiger partial charge in [-0.15, -0.1) is 0 Å². The minimum Gasteiger partial charge on any atom is -0.489 e. The summed E-state index contributed by atoms with van der Waals surface area (Å²) < 4.78 is 7.73. The molecule has 168 valence electrons. The number of nitrogens with one attached hydrogen (secondary N) is 1. The van der Waals surface area contributed by atoms with Gasteiger partial charge in [-0.3, -0.25) is 9.48 Å². The largest absolute Gasteiger partial charge is 0.489 e. The van der Waals surface area contributed by atoms with Crippen LogP contribution in [0.4, 0.5) is 5.82 Å². The van der Waals surface area contributed by atoms with Crippen molar-refractivity contribution in [1.82, 2.24) is 9.78 Å². The van der Waals surface area contributed by atoms with E-state index in [1.54, 1.807) is 6.07 Å². The van der Waals surface area contributed by atoms with Crippen molar-refractivity contribution in [2.75, 3.05) is 5.32 Å². The number of aromatic nitrogens is 2. The van der Waals surface area contributed by atoms with Crippen molar-refractivity contribution in [2.24, 2.45) is 0 Å². The molecule has 5 nitrogen and oxygen atoms in total. The van der Waals surface area contributed by atoms with Gasteiger partial charge in [0.25, 0.3) is 5.91 Å². The average Bonchev–Trinajstić information content (AvgIpc) is 3.18. The maximum atomic E-state index is 12.8. The van der Waals surface area contributed by atoms with Gasteiger partial charge in [-0.1, -0.05) is 54.9 Å². The molecule has 0 spiro atoms. The number of amides is 1. The van der Waals surface area contributed by atoms with Gasteiger partial charge in [-0.25, -0.2) is 0 Å². The molecule has 0 radical (unpaired) electrons. The SMILES string of the molecule is CCc1ccc(OCc2cccc(C(=O)Nc3cc(C)n(Cc4ccc(Cl)cc4)n3)c2)cc1. The van der Waals surface area contributed by atoms with E-state index in [0.717, 1.165) is 29.0 Å². The number of anilines is 1. The van der Waals surface area contributed by atoms with Crippen LogP contribution in [-0.2, 0) is 19.6 Å². The van der Waals surface area contributed by atoms with E-state index in [-0.39, 0.29) is 5.91 Å². The molecule has 0 saturated heterocycles. The molecule has 1 N–H and O–H groups in total. The Morgan fingerprint density at radius 3 is 2.42 bits per heavy atom. The van der Waals surface area contributed by atoms with Crippen molar-refractivity contribution in [2.45, 2.75) is 33.4 Å². The molecule has 0 atom stereocenters. The van der Waals surface area contributed by atoms with Gasteiger partial charge in [-0.2, -0.15) is 5.10 Å². The molecule has 1 amide bonds. The summed E-state index contributed by atoms with van der Waals surface area (Å²) in [5, 5.41) is 8.13. The standard InChI is InChI=1S/C27H26ClN3O2/c1-3-20-9-13-25(14-10-20)33-18-22-5-4-6-23(16-22)27(32)29-26-15-19(2)31(30-26)17-21-7-11-24(28)12-8-21/h4-16H,3,17-18H2,1-2H3,(H,29,30,32). The van der Waals surface area contributed by atoms with Gasteiger partial charge in [0.05, 0.1) is 6.54 Å². The first kappa shape index (κ1) is 22.6. The number of carbonyl (C=O) groups is 1. The molecule has 3 aromatic carbocycles. The monoisotopic (exact) mass is 459 g/mol. The molecule has 1 aromatic heterocycles. The van der Waals surface area contributed by atoms with E-state index < -0.39 is 0 Å². The third-order valence-electron chi connectivity index (χ3n) is 5.39. The highest BCUT2D eigenvalue weighted by Gasteiger charge is 2.11. The normalized spacial score (nSPS) is 10.8. The molecular formula is C27H26ClN3O2. The van der Waals surface area contributed by atoms with Gasteiger partial charge in [0.1, 0.15) is 12.4 Å². The lowest BCUT2D eigenvalue weighted by molar-refractivity contribution is 0.102. The van der Waals surface area contributed by atoms with Gasteiger partial charge < -0.3 is 10.1 Å². The van der Waals surface area contributed by atoms with Crippen molar-refractivity contribution in [3.05, 3.63) is 112 Å². The van der Waals surface area contributed by atoms with Crippen LogP contribution in [-0.4, -0.2) is 15.7 Å². The molecule has 4 aromatic rings. The number of hydrogen-bond acceptors (Lipinski definition) is 3. The number of ether oxygens (including phenoxy) is 1. The maximum absolute atomic E-state index is 12.8. The van der Waals surface area contributed by atoms with Crippen LogP contribution in [0.15, 0.2) is 78.9 Å². The van der Waals surface area contributed by atoms with Gasteiger partial charge in [0, 0.05) is 22.3 Å². The van der Waals surface area contributed by atoms with E-state index in [4.69, 9.17) is 16.3 Å². The number of nitrogens with zero attached hydrogens (tertiary/aromatic N) is 2. The summed E-state index contributed by atoms with van der Waals surface area (Å²) in [5.74, 6) is 1.12. The fourth-order valence-electron chi connectivity index (χ4n) is 3.47. The third kappa shape index (κ3) is 6.02. The molecule has 0 saturated carbocycles. The Morgan fingerprint density at radius 1 is 0.970 bits per heavy atom. The van der Waals surface area contributed by atoms with Crippen molar-refractivity contribution in [1.29, 1.82) is 0 Å². The van der Waals surface area contributed by atoms with Gasteiger partial charge in [0.2, 0.25) is 0 Å². The van der Waals surface area contributed by atoms with Crippen LogP contribution in [0.3, 0.4) is 0 Å². The molecule has 0 aliphatic heterocycles. The topological polar surface area (TPSA) is 56.1 Å². The Labute approximate surface area is 199 Å². The van der Waals surface area contributed by atoms with Crippen molar-refractivity contribution < 1.29 is 9.53 Å². The average molecular weight is 460 g/mol. The van der Waals surface area contributed by atoms with Crippen LogP contribution < -0.4 is 10.1 Å². The molecule has 0 aliphatic carbocycles. The zero-order valence-electron chi connectivity index (χ0n) is 18.7. The maximum Gasteiger partial charge on any atom is 0.256 e.